The summed E-state index contributed by atoms with van der Waals surface area (Å²) in [6, 6.07) is 3.80. The summed E-state index contributed by atoms with van der Waals surface area (Å²) in [5, 5.41) is 20.6. The van der Waals surface area contributed by atoms with Gasteiger partial charge in [0.15, 0.2) is 0 Å². The Morgan fingerprint density at radius 3 is 2.15 bits per heavy atom. The van der Waals surface area contributed by atoms with Crippen molar-refractivity contribution in [1.29, 1.82) is 0 Å². The number of aryl methyl sites for hydroxylation is 1. The van der Waals surface area contributed by atoms with Gasteiger partial charge in [-0.15, -0.1) is 6.58 Å². The Balaban J connectivity index is 3.51. The molecule has 146 valence electrons. The largest absolute Gasteiger partial charge is 0.489 e. The van der Waals surface area contributed by atoms with Crippen molar-refractivity contribution in [1.82, 2.24) is 0 Å². The summed E-state index contributed by atoms with van der Waals surface area (Å²) in [5.74, 6) is 0.636. The van der Waals surface area contributed by atoms with Crippen LogP contribution in [-0.2, 0) is 16.1 Å². The zero-order valence-corrected chi connectivity index (χ0v) is 17.4. The third-order valence-electron chi connectivity index (χ3n) is 5.02. The van der Waals surface area contributed by atoms with Crippen molar-refractivity contribution in [3.8, 4) is 5.75 Å². The van der Waals surface area contributed by atoms with Crippen LogP contribution in [0.5, 0.6) is 5.75 Å². The lowest BCUT2D eigenvalue weighted by molar-refractivity contribution is -0.169. The molecule has 1 rings (SSSR count). The second kappa shape index (κ2) is 8.61. The van der Waals surface area contributed by atoms with Crippen molar-refractivity contribution in [3.63, 3.8) is 0 Å². The standard InChI is InChI=1S/C21H32O4S/c1-8-10-24-18-15(3)12-17(13-16(18)14-22)20(6,26)21(7,19(4,5)23)25-11-9-2/h8-9,12-13,22-23,26H,1-2,10-11,14H2,3-7H3. The summed E-state index contributed by atoms with van der Waals surface area (Å²) in [6.45, 7) is 16.9. The topological polar surface area (TPSA) is 58.9 Å². The number of rotatable bonds is 10. The average molecular weight is 381 g/mol. The lowest BCUT2D eigenvalue weighted by Gasteiger charge is -2.50. The van der Waals surface area contributed by atoms with Gasteiger partial charge in [-0.05, 0) is 51.8 Å². The molecule has 0 aromatic heterocycles. The molecule has 4 nitrogen and oxygen atoms in total. The molecule has 26 heavy (non-hydrogen) atoms. The molecular weight excluding hydrogens is 348 g/mol. The van der Waals surface area contributed by atoms with E-state index in [1.54, 1.807) is 26.0 Å². The molecule has 0 bridgehead atoms. The normalized spacial score (nSPS) is 16.5. The summed E-state index contributed by atoms with van der Waals surface area (Å²) >= 11 is 4.90. The molecule has 0 radical (unpaired) electrons. The van der Waals surface area contributed by atoms with Crippen LogP contribution in [0, 0.1) is 6.92 Å². The van der Waals surface area contributed by atoms with Crippen LogP contribution in [-0.4, -0.2) is 34.6 Å². The van der Waals surface area contributed by atoms with Crippen LogP contribution in [0.3, 0.4) is 0 Å². The highest BCUT2D eigenvalue weighted by atomic mass is 32.1. The molecule has 0 aliphatic heterocycles. The van der Waals surface area contributed by atoms with Gasteiger partial charge in [0.2, 0.25) is 0 Å². The van der Waals surface area contributed by atoms with Crippen molar-refractivity contribution in [2.45, 2.75) is 57.2 Å². The summed E-state index contributed by atoms with van der Waals surface area (Å²) in [5.41, 5.74) is 0.138. The summed E-state index contributed by atoms with van der Waals surface area (Å²) < 4.78 is 10.9. The smallest absolute Gasteiger partial charge is 0.128 e. The summed E-state index contributed by atoms with van der Waals surface area (Å²) in [7, 11) is 0. The second-order valence-electron chi connectivity index (χ2n) is 7.30. The molecule has 1 aromatic carbocycles. The number of hydrogen-bond donors (Lipinski definition) is 3. The summed E-state index contributed by atoms with van der Waals surface area (Å²) in [4.78, 5) is 0. The van der Waals surface area contributed by atoms with E-state index >= 15 is 0 Å². The Labute approximate surface area is 162 Å². The van der Waals surface area contributed by atoms with Crippen LogP contribution in [0.1, 0.15) is 44.4 Å². The van der Waals surface area contributed by atoms with Crippen LogP contribution in [0.25, 0.3) is 0 Å². The van der Waals surface area contributed by atoms with E-state index in [1.165, 1.54) is 0 Å². The van der Waals surface area contributed by atoms with E-state index in [4.69, 9.17) is 22.1 Å². The lowest BCUT2D eigenvalue weighted by atomic mass is 9.73. The molecule has 0 aliphatic carbocycles. The molecule has 0 spiro atoms. The maximum atomic E-state index is 10.8. The van der Waals surface area contributed by atoms with Gasteiger partial charge in [0.1, 0.15) is 18.0 Å². The molecule has 1 aromatic rings. The van der Waals surface area contributed by atoms with E-state index < -0.39 is 15.9 Å². The number of thiol groups is 1. The Hall–Kier alpha value is -1.27. The number of hydrogen-bond acceptors (Lipinski definition) is 5. The van der Waals surface area contributed by atoms with E-state index in [0.717, 1.165) is 11.1 Å². The Bertz CT molecular complexity index is 646. The van der Waals surface area contributed by atoms with Crippen molar-refractivity contribution < 1.29 is 19.7 Å². The van der Waals surface area contributed by atoms with Gasteiger partial charge in [-0.2, -0.15) is 12.6 Å². The van der Waals surface area contributed by atoms with E-state index in [2.05, 4.69) is 13.2 Å². The molecule has 0 fully saturated rings. The fraction of sp³-hybridized carbons (Fsp3) is 0.524. The molecule has 0 amide bonds. The maximum Gasteiger partial charge on any atom is 0.128 e. The molecule has 0 heterocycles. The van der Waals surface area contributed by atoms with Gasteiger partial charge in [0, 0.05) is 5.56 Å². The van der Waals surface area contributed by atoms with Crippen LogP contribution >= 0.6 is 12.6 Å². The van der Waals surface area contributed by atoms with E-state index in [1.807, 2.05) is 32.9 Å². The minimum Gasteiger partial charge on any atom is -0.489 e. The minimum absolute atomic E-state index is 0.169. The SMILES string of the molecule is C=CCOc1c(C)cc(C(C)(S)C(C)(OCC=C)C(C)(C)O)cc1CO. The zero-order valence-electron chi connectivity index (χ0n) is 16.5. The average Bonchev–Trinajstić information content (AvgIpc) is 2.56. The molecule has 0 saturated heterocycles. The first-order chi connectivity index (χ1) is 12.0. The molecule has 5 heteroatoms. The first-order valence-corrected chi connectivity index (χ1v) is 9.09. The van der Waals surface area contributed by atoms with Crippen LogP contribution in [0.2, 0.25) is 0 Å². The van der Waals surface area contributed by atoms with Crippen molar-refractivity contribution in [2.24, 2.45) is 0 Å². The quantitative estimate of drug-likeness (QED) is 0.425. The van der Waals surface area contributed by atoms with Crippen molar-refractivity contribution in [2.75, 3.05) is 13.2 Å². The lowest BCUT2D eigenvalue weighted by Crippen LogP contribution is -2.60. The minimum atomic E-state index is -1.18. The van der Waals surface area contributed by atoms with Gasteiger partial charge in [-0.1, -0.05) is 24.8 Å². The molecule has 0 aliphatic rings. The van der Waals surface area contributed by atoms with E-state index in [-0.39, 0.29) is 13.2 Å². The van der Waals surface area contributed by atoms with E-state index in [9.17, 15) is 10.2 Å². The number of aliphatic hydroxyl groups excluding tert-OH is 1. The Kier molecular flexibility index (Phi) is 7.54. The first-order valence-electron chi connectivity index (χ1n) is 8.64. The first kappa shape index (κ1) is 22.8. The molecule has 2 N–H and O–H groups in total. The third kappa shape index (κ3) is 4.34. The van der Waals surface area contributed by atoms with E-state index in [0.29, 0.717) is 17.9 Å². The van der Waals surface area contributed by atoms with Gasteiger partial charge in [-0.3, -0.25) is 0 Å². The molecule has 0 saturated carbocycles. The molecular formula is C21H32O4S. The van der Waals surface area contributed by atoms with Gasteiger partial charge in [0.25, 0.3) is 0 Å². The van der Waals surface area contributed by atoms with Gasteiger partial charge in [-0.25, -0.2) is 0 Å². The van der Waals surface area contributed by atoms with Gasteiger partial charge in [0.05, 0.1) is 23.6 Å². The molecule has 2 unspecified atom stereocenters. The highest BCUT2D eigenvalue weighted by Crippen LogP contribution is 2.48. The highest BCUT2D eigenvalue weighted by Gasteiger charge is 2.54. The fourth-order valence-electron chi connectivity index (χ4n) is 3.01. The van der Waals surface area contributed by atoms with Gasteiger partial charge >= 0.3 is 0 Å². The predicted molar refractivity (Wildman–Crippen MR) is 110 cm³/mol. The third-order valence-corrected chi connectivity index (χ3v) is 5.70. The number of aliphatic hydroxyl groups is 2. The fourth-order valence-corrected chi connectivity index (χ4v) is 3.48. The molecule has 2 atom stereocenters. The van der Waals surface area contributed by atoms with Crippen molar-refractivity contribution >= 4 is 12.6 Å². The second-order valence-corrected chi connectivity index (χ2v) is 8.20. The Morgan fingerprint density at radius 2 is 1.69 bits per heavy atom. The summed E-state index contributed by atoms with van der Waals surface area (Å²) in [6.07, 6.45) is 3.30. The van der Waals surface area contributed by atoms with Crippen molar-refractivity contribution in [3.05, 3.63) is 54.1 Å². The number of ether oxygens (including phenoxy) is 2. The van der Waals surface area contributed by atoms with Crippen LogP contribution in [0.4, 0.5) is 0 Å². The number of benzene rings is 1. The monoisotopic (exact) mass is 380 g/mol. The maximum absolute atomic E-state index is 10.8. The highest BCUT2D eigenvalue weighted by molar-refractivity contribution is 7.81. The van der Waals surface area contributed by atoms with Crippen LogP contribution < -0.4 is 4.74 Å². The zero-order chi connectivity index (χ0) is 20.2. The predicted octanol–water partition coefficient (Wildman–Crippen LogP) is 3.93. The Morgan fingerprint density at radius 1 is 1.12 bits per heavy atom. The van der Waals surface area contributed by atoms with Gasteiger partial charge < -0.3 is 19.7 Å². The van der Waals surface area contributed by atoms with Crippen LogP contribution in [0.15, 0.2) is 37.4 Å².